The average Bonchev–Trinajstić information content (AvgIpc) is 2.62. The number of benzene rings is 2. The third-order valence-electron chi connectivity index (χ3n) is 4.67. The molecule has 0 fully saturated rings. The standard InChI is InChI=1S/C22H28N2O2/c1-7-24(6)14-23-21-12-11-20(16(3)17(21)4)22(25)26-18(5)19-10-8-9-15(2)13-19/h8-14,18H,7H2,1-6H3. The Morgan fingerprint density at radius 2 is 1.92 bits per heavy atom. The maximum Gasteiger partial charge on any atom is 0.339 e. The Bertz CT molecular complexity index is 812. The summed E-state index contributed by atoms with van der Waals surface area (Å²) in [5.41, 5.74) is 5.49. The maximum atomic E-state index is 12.6. The second kappa shape index (κ2) is 8.65. The Kier molecular flexibility index (Phi) is 6.56. The van der Waals surface area contributed by atoms with Crippen molar-refractivity contribution in [1.82, 2.24) is 4.90 Å². The van der Waals surface area contributed by atoms with Crippen LogP contribution in [0.2, 0.25) is 0 Å². The number of aliphatic imine (C=N–C) groups is 1. The van der Waals surface area contributed by atoms with Gasteiger partial charge in [0, 0.05) is 13.6 Å². The van der Waals surface area contributed by atoms with Crippen molar-refractivity contribution in [2.45, 2.75) is 40.7 Å². The Balaban J connectivity index is 2.19. The van der Waals surface area contributed by atoms with Crippen LogP contribution in [0.3, 0.4) is 0 Å². The second-order valence-electron chi connectivity index (χ2n) is 6.66. The molecule has 0 spiro atoms. The van der Waals surface area contributed by atoms with Crippen LogP contribution < -0.4 is 0 Å². The molecule has 0 aliphatic carbocycles. The van der Waals surface area contributed by atoms with Gasteiger partial charge in [0.05, 0.1) is 17.6 Å². The topological polar surface area (TPSA) is 41.9 Å². The molecule has 4 nitrogen and oxygen atoms in total. The van der Waals surface area contributed by atoms with Gasteiger partial charge in [0.1, 0.15) is 6.10 Å². The molecule has 0 radical (unpaired) electrons. The number of aryl methyl sites for hydroxylation is 1. The highest BCUT2D eigenvalue weighted by Crippen LogP contribution is 2.27. The van der Waals surface area contributed by atoms with Crippen molar-refractivity contribution < 1.29 is 9.53 Å². The van der Waals surface area contributed by atoms with Crippen molar-refractivity contribution in [2.24, 2.45) is 4.99 Å². The first-order valence-electron chi connectivity index (χ1n) is 8.95. The molecule has 1 unspecified atom stereocenters. The lowest BCUT2D eigenvalue weighted by Gasteiger charge is -2.16. The van der Waals surface area contributed by atoms with E-state index in [2.05, 4.69) is 11.9 Å². The van der Waals surface area contributed by atoms with Crippen LogP contribution in [0.25, 0.3) is 0 Å². The summed E-state index contributed by atoms with van der Waals surface area (Å²) in [7, 11) is 1.98. The van der Waals surface area contributed by atoms with Gasteiger partial charge in [-0.05, 0) is 63.4 Å². The molecule has 4 heteroatoms. The number of nitrogens with zero attached hydrogens (tertiary/aromatic N) is 2. The number of carbonyl (C=O) groups excluding carboxylic acids is 1. The molecule has 2 rings (SSSR count). The van der Waals surface area contributed by atoms with Gasteiger partial charge in [-0.15, -0.1) is 0 Å². The van der Waals surface area contributed by atoms with Crippen LogP contribution in [0.1, 0.15) is 52.6 Å². The highest BCUT2D eigenvalue weighted by Gasteiger charge is 2.17. The average molecular weight is 352 g/mol. The number of carbonyl (C=O) groups is 1. The summed E-state index contributed by atoms with van der Waals surface area (Å²) in [6.45, 7) is 10.8. The first-order chi connectivity index (χ1) is 12.3. The molecule has 138 valence electrons. The molecule has 0 saturated heterocycles. The molecule has 0 saturated carbocycles. The van der Waals surface area contributed by atoms with Crippen molar-refractivity contribution in [3.63, 3.8) is 0 Å². The summed E-state index contributed by atoms with van der Waals surface area (Å²) in [6.07, 6.45) is 1.51. The van der Waals surface area contributed by atoms with E-state index in [1.165, 1.54) is 0 Å². The first kappa shape index (κ1) is 19.7. The maximum absolute atomic E-state index is 12.6. The molecular formula is C22H28N2O2. The van der Waals surface area contributed by atoms with Gasteiger partial charge in [0.25, 0.3) is 0 Å². The third-order valence-corrected chi connectivity index (χ3v) is 4.67. The van der Waals surface area contributed by atoms with Gasteiger partial charge in [-0.25, -0.2) is 9.79 Å². The van der Waals surface area contributed by atoms with Gasteiger partial charge >= 0.3 is 5.97 Å². The van der Waals surface area contributed by atoms with E-state index in [4.69, 9.17) is 4.74 Å². The molecule has 2 aromatic carbocycles. The van der Waals surface area contributed by atoms with Gasteiger partial charge in [-0.1, -0.05) is 29.8 Å². The zero-order valence-electron chi connectivity index (χ0n) is 16.5. The van der Waals surface area contributed by atoms with Crippen LogP contribution in [0.5, 0.6) is 0 Å². The Morgan fingerprint density at radius 3 is 2.58 bits per heavy atom. The van der Waals surface area contributed by atoms with Crippen LogP contribution in [0, 0.1) is 20.8 Å². The van der Waals surface area contributed by atoms with Crippen molar-refractivity contribution in [1.29, 1.82) is 0 Å². The lowest BCUT2D eigenvalue weighted by Crippen LogP contribution is -2.14. The van der Waals surface area contributed by atoms with Gasteiger partial charge in [-0.2, -0.15) is 0 Å². The van der Waals surface area contributed by atoms with Crippen molar-refractivity contribution in [2.75, 3.05) is 13.6 Å². The molecular weight excluding hydrogens is 324 g/mol. The molecule has 0 amide bonds. The molecule has 1 atom stereocenters. The summed E-state index contributed by atoms with van der Waals surface area (Å²) in [5.74, 6) is -0.305. The fourth-order valence-electron chi connectivity index (χ4n) is 2.62. The molecule has 0 aliphatic rings. The smallest absolute Gasteiger partial charge is 0.339 e. The van der Waals surface area contributed by atoms with Crippen LogP contribution in [-0.4, -0.2) is 30.8 Å². The fraction of sp³-hybridized carbons (Fsp3) is 0.364. The predicted octanol–water partition coefficient (Wildman–Crippen LogP) is 5.14. The largest absolute Gasteiger partial charge is 0.454 e. The van der Waals surface area contributed by atoms with E-state index < -0.39 is 0 Å². The summed E-state index contributed by atoms with van der Waals surface area (Å²) in [4.78, 5) is 19.1. The van der Waals surface area contributed by atoms with Crippen LogP contribution >= 0.6 is 0 Å². The Hall–Kier alpha value is -2.62. The van der Waals surface area contributed by atoms with E-state index in [9.17, 15) is 4.79 Å². The van der Waals surface area contributed by atoms with E-state index in [-0.39, 0.29) is 12.1 Å². The van der Waals surface area contributed by atoms with Crippen LogP contribution in [-0.2, 0) is 4.74 Å². The zero-order valence-corrected chi connectivity index (χ0v) is 16.5. The van der Waals surface area contributed by atoms with Gasteiger partial charge < -0.3 is 9.64 Å². The summed E-state index contributed by atoms with van der Waals surface area (Å²) < 4.78 is 5.68. The molecule has 0 bridgehead atoms. The second-order valence-corrected chi connectivity index (χ2v) is 6.66. The lowest BCUT2D eigenvalue weighted by molar-refractivity contribution is 0.0337. The quantitative estimate of drug-likeness (QED) is 0.410. The van der Waals surface area contributed by atoms with Gasteiger partial charge in [0.15, 0.2) is 0 Å². The number of hydrogen-bond acceptors (Lipinski definition) is 3. The van der Waals surface area contributed by atoms with E-state index in [1.54, 1.807) is 12.4 Å². The molecule has 0 aliphatic heterocycles. The number of ether oxygens (including phenoxy) is 1. The first-order valence-corrected chi connectivity index (χ1v) is 8.95. The van der Waals surface area contributed by atoms with Gasteiger partial charge in [-0.3, -0.25) is 0 Å². The Morgan fingerprint density at radius 1 is 1.19 bits per heavy atom. The summed E-state index contributed by atoms with van der Waals surface area (Å²) in [5, 5.41) is 0. The predicted molar refractivity (Wildman–Crippen MR) is 107 cm³/mol. The minimum atomic E-state index is -0.305. The SMILES string of the molecule is CCN(C)C=Nc1ccc(C(=O)OC(C)c2cccc(C)c2)c(C)c1C. The van der Waals surface area contributed by atoms with Crippen molar-refractivity contribution in [3.05, 3.63) is 64.2 Å². The zero-order chi connectivity index (χ0) is 19.3. The van der Waals surface area contributed by atoms with E-state index in [0.29, 0.717) is 5.56 Å². The molecule has 2 aromatic rings. The Labute approximate surface area is 156 Å². The monoisotopic (exact) mass is 352 g/mol. The normalized spacial score (nSPS) is 12.2. The highest BCUT2D eigenvalue weighted by atomic mass is 16.5. The lowest BCUT2D eigenvalue weighted by atomic mass is 10.0. The van der Waals surface area contributed by atoms with E-state index in [1.807, 2.05) is 70.0 Å². The minimum absolute atomic E-state index is 0.294. The highest BCUT2D eigenvalue weighted by molar-refractivity contribution is 5.92. The van der Waals surface area contributed by atoms with E-state index in [0.717, 1.165) is 34.5 Å². The molecule has 0 N–H and O–H groups in total. The van der Waals surface area contributed by atoms with Crippen molar-refractivity contribution in [3.8, 4) is 0 Å². The van der Waals surface area contributed by atoms with Crippen LogP contribution in [0.15, 0.2) is 41.4 Å². The van der Waals surface area contributed by atoms with Crippen molar-refractivity contribution >= 4 is 18.0 Å². The minimum Gasteiger partial charge on any atom is -0.454 e. The molecule has 0 aromatic heterocycles. The number of hydrogen-bond donors (Lipinski definition) is 0. The van der Waals surface area contributed by atoms with E-state index >= 15 is 0 Å². The summed E-state index contributed by atoms with van der Waals surface area (Å²) in [6, 6.07) is 11.7. The fourth-order valence-corrected chi connectivity index (χ4v) is 2.62. The molecule has 0 heterocycles. The number of esters is 1. The van der Waals surface area contributed by atoms with Crippen LogP contribution in [0.4, 0.5) is 5.69 Å². The molecule has 26 heavy (non-hydrogen) atoms. The summed E-state index contributed by atoms with van der Waals surface area (Å²) >= 11 is 0. The van der Waals surface area contributed by atoms with Gasteiger partial charge in [0.2, 0.25) is 0 Å². The third kappa shape index (κ3) is 4.72. The number of rotatable bonds is 6.